The van der Waals surface area contributed by atoms with Crippen LogP contribution in [0.1, 0.15) is 5.69 Å². The van der Waals surface area contributed by atoms with Crippen LogP contribution in [0.2, 0.25) is 0 Å². The van der Waals surface area contributed by atoms with Crippen molar-refractivity contribution in [1.82, 2.24) is 9.78 Å². The molecule has 0 unspecified atom stereocenters. The minimum Gasteiger partial charge on any atom is -0.346 e. The van der Waals surface area contributed by atoms with Gasteiger partial charge in [-0.1, -0.05) is 36.4 Å². The zero-order chi connectivity index (χ0) is 14.5. The second kappa shape index (κ2) is 6.05. The third-order valence-corrected chi connectivity index (χ3v) is 3.02. The van der Waals surface area contributed by atoms with Crippen molar-refractivity contribution in [2.75, 3.05) is 5.32 Å². The molecule has 0 radical (unpaired) electrons. The van der Waals surface area contributed by atoms with Crippen molar-refractivity contribution in [1.29, 1.82) is 0 Å². The molecule has 0 bridgehead atoms. The number of rotatable bonds is 4. The van der Waals surface area contributed by atoms with Crippen molar-refractivity contribution in [3.63, 3.8) is 0 Å². The van der Waals surface area contributed by atoms with E-state index in [4.69, 9.17) is 0 Å². The minimum atomic E-state index is 0.794. The first kappa shape index (κ1) is 13.1. The predicted molar refractivity (Wildman–Crippen MR) is 86.5 cm³/mol. The van der Waals surface area contributed by atoms with Gasteiger partial charge in [0.15, 0.2) is 5.82 Å². The molecular weight excluding hydrogens is 260 g/mol. The van der Waals surface area contributed by atoms with Gasteiger partial charge in [0.25, 0.3) is 0 Å². The Hall–Kier alpha value is -2.88. The Morgan fingerprint density at radius 3 is 2.38 bits per heavy atom. The third kappa shape index (κ3) is 3.17. The lowest BCUT2D eigenvalue weighted by molar-refractivity contribution is 0.863. The van der Waals surface area contributed by atoms with E-state index in [1.807, 2.05) is 78.3 Å². The molecular formula is C17H16N4. The summed E-state index contributed by atoms with van der Waals surface area (Å²) < 4.78 is 1.83. The largest absolute Gasteiger partial charge is 0.346 e. The van der Waals surface area contributed by atoms with Gasteiger partial charge in [0.2, 0.25) is 0 Å². The standard InChI is InChI=1S/C17H16N4/c1-14-12-17(19-13-18-15-8-4-2-5-9-15)21(20-14)16-10-6-3-7-11-16/h2-13H,1H3,(H,18,19). The maximum atomic E-state index is 4.48. The second-order valence-electron chi connectivity index (χ2n) is 4.66. The zero-order valence-corrected chi connectivity index (χ0v) is 11.8. The topological polar surface area (TPSA) is 42.2 Å². The molecule has 4 heteroatoms. The lowest BCUT2D eigenvalue weighted by atomic mass is 10.3. The summed E-state index contributed by atoms with van der Waals surface area (Å²) in [4.78, 5) is 4.46. The van der Waals surface area contributed by atoms with Gasteiger partial charge in [0.05, 0.1) is 17.7 Å². The van der Waals surface area contributed by atoms with Crippen LogP contribution in [-0.4, -0.2) is 16.1 Å². The highest BCUT2D eigenvalue weighted by Crippen LogP contribution is 2.19. The van der Waals surface area contributed by atoms with Gasteiger partial charge < -0.3 is 5.32 Å². The molecule has 0 amide bonds. The Morgan fingerprint density at radius 2 is 1.67 bits per heavy atom. The third-order valence-electron chi connectivity index (χ3n) is 3.02. The molecule has 1 N–H and O–H groups in total. The van der Waals surface area contributed by atoms with E-state index in [-0.39, 0.29) is 0 Å². The van der Waals surface area contributed by atoms with Gasteiger partial charge in [0.1, 0.15) is 0 Å². The van der Waals surface area contributed by atoms with E-state index < -0.39 is 0 Å². The summed E-state index contributed by atoms with van der Waals surface area (Å²) in [6, 6.07) is 21.9. The van der Waals surface area contributed by atoms with E-state index in [0.717, 1.165) is 22.9 Å². The van der Waals surface area contributed by atoms with Crippen molar-refractivity contribution in [2.45, 2.75) is 6.92 Å². The Bertz CT molecular complexity index is 730. The fourth-order valence-corrected chi connectivity index (χ4v) is 2.04. The molecule has 1 heterocycles. The quantitative estimate of drug-likeness (QED) is 0.579. The number of para-hydroxylation sites is 2. The second-order valence-corrected chi connectivity index (χ2v) is 4.66. The highest BCUT2D eigenvalue weighted by Gasteiger charge is 2.05. The van der Waals surface area contributed by atoms with Crippen molar-refractivity contribution in [3.8, 4) is 5.69 Å². The highest BCUT2D eigenvalue weighted by atomic mass is 15.3. The number of anilines is 1. The first-order valence-corrected chi connectivity index (χ1v) is 6.79. The number of aromatic nitrogens is 2. The van der Waals surface area contributed by atoms with E-state index in [1.165, 1.54) is 0 Å². The average Bonchev–Trinajstić information content (AvgIpc) is 2.90. The molecule has 2 aromatic carbocycles. The van der Waals surface area contributed by atoms with Gasteiger partial charge in [-0.15, -0.1) is 0 Å². The molecule has 0 spiro atoms. The van der Waals surface area contributed by atoms with Crippen molar-refractivity contribution in [3.05, 3.63) is 72.4 Å². The molecule has 4 nitrogen and oxygen atoms in total. The number of benzene rings is 2. The van der Waals surface area contributed by atoms with Crippen LogP contribution in [0.5, 0.6) is 0 Å². The Labute approximate surface area is 123 Å². The summed E-state index contributed by atoms with van der Waals surface area (Å²) in [6.45, 7) is 1.96. The number of hydrogen-bond donors (Lipinski definition) is 1. The van der Waals surface area contributed by atoms with Crippen LogP contribution >= 0.6 is 0 Å². The van der Waals surface area contributed by atoms with Crippen LogP contribution < -0.4 is 5.32 Å². The molecule has 3 aromatic rings. The Morgan fingerprint density at radius 1 is 1.00 bits per heavy atom. The summed E-state index contributed by atoms with van der Waals surface area (Å²) >= 11 is 0. The minimum absolute atomic E-state index is 0.794. The number of aliphatic imine (C=N–C) groups is 1. The monoisotopic (exact) mass is 276 g/mol. The van der Waals surface area contributed by atoms with Crippen LogP contribution in [0, 0.1) is 6.92 Å². The first-order valence-electron chi connectivity index (χ1n) is 6.79. The fourth-order valence-electron chi connectivity index (χ4n) is 2.04. The normalized spacial score (nSPS) is 10.9. The average molecular weight is 276 g/mol. The lowest BCUT2D eigenvalue weighted by Gasteiger charge is -2.03. The number of nitrogens with one attached hydrogen (secondary N) is 1. The molecule has 0 saturated heterocycles. The number of nitrogens with zero attached hydrogens (tertiary/aromatic N) is 3. The van der Waals surface area contributed by atoms with Gasteiger partial charge in [-0.25, -0.2) is 9.67 Å². The summed E-state index contributed by atoms with van der Waals surface area (Å²) in [5.41, 5.74) is 2.94. The van der Waals surface area contributed by atoms with E-state index in [1.54, 1.807) is 6.34 Å². The summed E-state index contributed by atoms with van der Waals surface area (Å²) in [5, 5.41) is 7.63. The highest BCUT2D eigenvalue weighted by molar-refractivity contribution is 5.77. The SMILES string of the molecule is Cc1cc(/N=C\Nc2ccccc2)n(-c2ccccc2)n1. The maximum absolute atomic E-state index is 4.48. The molecule has 0 fully saturated rings. The summed E-state index contributed by atoms with van der Waals surface area (Å²) in [7, 11) is 0. The molecule has 0 saturated carbocycles. The van der Waals surface area contributed by atoms with Crippen LogP contribution in [0.3, 0.4) is 0 Å². The van der Waals surface area contributed by atoms with Gasteiger partial charge in [-0.2, -0.15) is 5.10 Å². The van der Waals surface area contributed by atoms with E-state index >= 15 is 0 Å². The molecule has 0 aliphatic heterocycles. The van der Waals surface area contributed by atoms with Gasteiger partial charge in [-0.05, 0) is 31.2 Å². The first-order chi connectivity index (χ1) is 10.3. The molecule has 21 heavy (non-hydrogen) atoms. The van der Waals surface area contributed by atoms with Gasteiger partial charge >= 0.3 is 0 Å². The summed E-state index contributed by atoms with van der Waals surface area (Å²) in [5.74, 6) is 0.794. The summed E-state index contributed by atoms with van der Waals surface area (Å²) in [6.07, 6.45) is 1.69. The van der Waals surface area contributed by atoms with Gasteiger partial charge in [-0.3, -0.25) is 0 Å². The lowest BCUT2D eigenvalue weighted by Crippen LogP contribution is -1.98. The van der Waals surface area contributed by atoms with Crippen molar-refractivity contribution < 1.29 is 0 Å². The zero-order valence-electron chi connectivity index (χ0n) is 11.8. The van der Waals surface area contributed by atoms with Crippen LogP contribution in [-0.2, 0) is 0 Å². The molecule has 0 aliphatic rings. The Balaban J connectivity index is 1.83. The predicted octanol–water partition coefficient (Wildman–Crippen LogP) is 3.95. The van der Waals surface area contributed by atoms with Crippen molar-refractivity contribution in [2.24, 2.45) is 4.99 Å². The fraction of sp³-hybridized carbons (Fsp3) is 0.0588. The molecule has 1 aromatic heterocycles. The van der Waals surface area contributed by atoms with Crippen LogP contribution in [0.25, 0.3) is 5.69 Å². The Kier molecular flexibility index (Phi) is 3.78. The number of aryl methyl sites for hydroxylation is 1. The van der Waals surface area contributed by atoms with Gasteiger partial charge in [0, 0.05) is 11.8 Å². The molecule has 0 atom stereocenters. The van der Waals surface area contributed by atoms with Crippen molar-refractivity contribution >= 4 is 17.8 Å². The maximum Gasteiger partial charge on any atom is 0.157 e. The van der Waals surface area contributed by atoms with Crippen LogP contribution in [0.4, 0.5) is 11.5 Å². The smallest absolute Gasteiger partial charge is 0.157 e. The number of hydrogen-bond acceptors (Lipinski definition) is 2. The van der Waals surface area contributed by atoms with E-state index in [9.17, 15) is 0 Å². The molecule has 104 valence electrons. The molecule has 3 rings (SSSR count). The molecule has 0 aliphatic carbocycles. The van der Waals surface area contributed by atoms with E-state index in [2.05, 4.69) is 15.4 Å². The van der Waals surface area contributed by atoms with Crippen LogP contribution in [0.15, 0.2) is 71.7 Å². The van der Waals surface area contributed by atoms with E-state index in [0.29, 0.717) is 0 Å².